The maximum atomic E-state index is 13.0. The maximum Gasteiger partial charge on any atom is 0.573 e. The molecule has 0 spiro atoms. The lowest BCUT2D eigenvalue weighted by atomic mass is 9.95. The van der Waals surface area contributed by atoms with Crippen LogP contribution in [0.25, 0.3) is 0 Å². The smallest absolute Gasteiger partial charge is 0.406 e. The average molecular weight is 451 g/mol. The van der Waals surface area contributed by atoms with Crippen molar-refractivity contribution in [2.45, 2.75) is 50.6 Å². The largest absolute Gasteiger partial charge is 0.573 e. The first-order valence-electron chi connectivity index (χ1n) is 8.53. The van der Waals surface area contributed by atoms with E-state index in [-0.39, 0.29) is 18.4 Å². The molecule has 1 aliphatic carbocycles. The van der Waals surface area contributed by atoms with Crippen LogP contribution in [0.2, 0.25) is 0 Å². The summed E-state index contributed by atoms with van der Waals surface area (Å²) in [5.74, 6) is -1.83. The summed E-state index contributed by atoms with van der Waals surface area (Å²) in [6.07, 6.45) is -13.5. The second kappa shape index (κ2) is 8.92. The molecule has 0 bridgehead atoms. The number of aliphatic hydroxyl groups excluding tert-OH is 1. The third-order valence-corrected chi connectivity index (χ3v) is 4.59. The topological polar surface area (TPSA) is 67.8 Å². The molecule has 1 fully saturated rings. The van der Waals surface area contributed by atoms with Gasteiger partial charge in [-0.05, 0) is 30.5 Å². The number of hydrogen-bond donors (Lipinski definition) is 2. The fourth-order valence-electron chi connectivity index (χ4n) is 2.88. The zero-order valence-corrected chi connectivity index (χ0v) is 15.1. The summed E-state index contributed by atoms with van der Waals surface area (Å²) >= 11 is 0. The molecule has 30 heavy (non-hydrogen) atoms. The molecule has 2 atom stereocenters. The van der Waals surface area contributed by atoms with E-state index in [1.165, 1.54) is 6.07 Å². The molecule has 2 rings (SSSR count). The van der Waals surface area contributed by atoms with E-state index in [1.807, 2.05) is 0 Å². The van der Waals surface area contributed by atoms with Gasteiger partial charge in [0.2, 0.25) is 5.91 Å². The van der Waals surface area contributed by atoms with Crippen LogP contribution in [0, 0.1) is 5.41 Å². The number of ether oxygens (including phenoxy) is 2. The van der Waals surface area contributed by atoms with Crippen molar-refractivity contribution in [3.05, 3.63) is 29.8 Å². The van der Waals surface area contributed by atoms with Crippen molar-refractivity contribution >= 4 is 5.91 Å². The van der Waals surface area contributed by atoms with Crippen molar-refractivity contribution in [1.29, 1.82) is 0 Å². The third kappa shape index (κ3) is 6.42. The van der Waals surface area contributed by atoms with Crippen LogP contribution in [0.5, 0.6) is 5.75 Å². The number of alkyl halides is 8. The zero-order chi connectivity index (χ0) is 22.7. The predicted molar refractivity (Wildman–Crippen MR) is 84.3 cm³/mol. The van der Waals surface area contributed by atoms with Crippen LogP contribution in [0.3, 0.4) is 0 Å². The van der Waals surface area contributed by atoms with E-state index in [0.717, 1.165) is 18.2 Å². The summed E-state index contributed by atoms with van der Waals surface area (Å²) < 4.78 is 109. The number of hydrogen-bond acceptors (Lipinski definition) is 4. The highest BCUT2D eigenvalue weighted by atomic mass is 19.4. The molecule has 1 aliphatic rings. The molecule has 13 heteroatoms. The lowest BCUT2D eigenvalue weighted by Crippen LogP contribution is -2.41. The van der Waals surface area contributed by atoms with Gasteiger partial charge in [0.05, 0.1) is 30.6 Å². The van der Waals surface area contributed by atoms with Crippen LogP contribution in [-0.4, -0.2) is 42.9 Å². The number of amides is 1. The molecule has 0 aliphatic heterocycles. The van der Waals surface area contributed by atoms with Crippen molar-refractivity contribution in [2.75, 3.05) is 6.61 Å². The van der Waals surface area contributed by atoms with Gasteiger partial charge in [-0.15, -0.1) is 13.2 Å². The highest BCUT2D eigenvalue weighted by Gasteiger charge is 2.67. The van der Waals surface area contributed by atoms with E-state index in [4.69, 9.17) is 0 Å². The highest BCUT2D eigenvalue weighted by molar-refractivity contribution is 5.77. The molecule has 0 aromatic heterocycles. The number of aliphatic hydroxyl groups is 1. The van der Waals surface area contributed by atoms with Crippen molar-refractivity contribution in [3.8, 4) is 5.75 Å². The van der Waals surface area contributed by atoms with E-state index in [2.05, 4.69) is 14.8 Å². The Morgan fingerprint density at radius 1 is 1.17 bits per heavy atom. The molecule has 1 saturated carbocycles. The molecule has 0 radical (unpaired) electrons. The van der Waals surface area contributed by atoms with E-state index < -0.39 is 61.4 Å². The number of benzene rings is 1. The van der Waals surface area contributed by atoms with Gasteiger partial charge in [0.15, 0.2) is 0 Å². The van der Waals surface area contributed by atoms with E-state index in [1.54, 1.807) is 0 Å². The Kier molecular flexibility index (Phi) is 7.17. The minimum Gasteiger partial charge on any atom is -0.406 e. The first-order chi connectivity index (χ1) is 13.7. The Hall–Kier alpha value is -2.15. The van der Waals surface area contributed by atoms with Gasteiger partial charge in [0.1, 0.15) is 5.75 Å². The maximum absolute atomic E-state index is 13.0. The van der Waals surface area contributed by atoms with Crippen LogP contribution >= 0.6 is 0 Å². The van der Waals surface area contributed by atoms with Crippen molar-refractivity contribution in [1.82, 2.24) is 5.32 Å². The minimum atomic E-state index is -5.03. The summed E-state index contributed by atoms with van der Waals surface area (Å²) in [6, 6.07) is 2.57. The minimum absolute atomic E-state index is 0.128. The second-order valence-electron chi connectivity index (χ2n) is 6.71. The Labute approximate surface area is 164 Å². The molecule has 0 saturated heterocycles. The molecular weight excluding hydrogens is 434 g/mol. The van der Waals surface area contributed by atoms with Gasteiger partial charge in [-0.2, -0.15) is 22.0 Å². The Balaban J connectivity index is 2.11. The van der Waals surface area contributed by atoms with Crippen LogP contribution in [0.4, 0.5) is 35.1 Å². The first-order valence-corrected chi connectivity index (χ1v) is 8.53. The highest BCUT2D eigenvalue weighted by Crippen LogP contribution is 2.60. The monoisotopic (exact) mass is 451 g/mol. The fraction of sp³-hybridized carbons (Fsp3) is 0.588. The van der Waals surface area contributed by atoms with Gasteiger partial charge in [-0.1, -0.05) is 12.1 Å². The van der Waals surface area contributed by atoms with E-state index >= 15 is 0 Å². The number of halogens is 8. The molecule has 1 aromatic rings. The van der Waals surface area contributed by atoms with E-state index in [0.29, 0.717) is 0 Å². The van der Waals surface area contributed by atoms with Crippen LogP contribution in [-0.2, 0) is 9.53 Å². The molecule has 2 N–H and O–H groups in total. The van der Waals surface area contributed by atoms with Crippen molar-refractivity contribution in [2.24, 2.45) is 5.41 Å². The van der Waals surface area contributed by atoms with Crippen LogP contribution < -0.4 is 10.1 Å². The number of nitrogens with one attached hydrogen (secondary N) is 1. The second-order valence-corrected chi connectivity index (χ2v) is 6.71. The summed E-state index contributed by atoms with van der Waals surface area (Å²) in [7, 11) is 0. The molecule has 0 heterocycles. The normalized spacial score (nSPS) is 18.1. The van der Waals surface area contributed by atoms with Crippen LogP contribution in [0.15, 0.2) is 24.3 Å². The molecule has 1 aromatic carbocycles. The van der Waals surface area contributed by atoms with Crippen LogP contribution in [0.1, 0.15) is 30.9 Å². The van der Waals surface area contributed by atoms with Crippen molar-refractivity contribution in [3.63, 3.8) is 0 Å². The van der Waals surface area contributed by atoms with Gasteiger partial charge in [0, 0.05) is 0 Å². The standard InChI is InChI=1S/C17H17F8NO4/c18-14(19)29-8-11(9-2-1-3-10(6-9)30-17(23,24)25)26-13(28)7-12(27)15(4-5-15)16(20,21)22/h1-3,6,11-12,14,27H,4-5,7-8H2,(H,26,28)/t11-,12+/m0/s1. The predicted octanol–water partition coefficient (Wildman–Crippen LogP) is 4.08. The fourth-order valence-corrected chi connectivity index (χ4v) is 2.88. The molecule has 170 valence electrons. The van der Waals surface area contributed by atoms with Gasteiger partial charge < -0.3 is 19.9 Å². The Morgan fingerprint density at radius 2 is 1.80 bits per heavy atom. The number of rotatable bonds is 9. The van der Waals surface area contributed by atoms with Gasteiger partial charge in [0.25, 0.3) is 0 Å². The Bertz CT molecular complexity index is 733. The summed E-state index contributed by atoms with van der Waals surface area (Å²) in [6.45, 7) is -4.16. The molecule has 5 nitrogen and oxygen atoms in total. The number of carbonyl (C=O) groups is 1. The van der Waals surface area contributed by atoms with Gasteiger partial charge in [-0.3, -0.25) is 4.79 Å². The molecule has 0 unspecified atom stereocenters. The lowest BCUT2D eigenvalue weighted by molar-refractivity contribution is -0.274. The van der Waals surface area contributed by atoms with Crippen molar-refractivity contribution < 1.29 is 54.5 Å². The van der Waals surface area contributed by atoms with Gasteiger partial charge >= 0.3 is 19.2 Å². The first kappa shape index (κ1) is 24.1. The quantitative estimate of drug-likeness (QED) is 0.556. The summed E-state index contributed by atoms with van der Waals surface area (Å²) in [5.41, 5.74) is -2.53. The SMILES string of the molecule is O=C(C[C@@H](O)C1(C(F)(F)F)CC1)N[C@@H](COC(F)F)c1cccc(OC(F)(F)F)c1. The average Bonchev–Trinajstić information content (AvgIpc) is 3.38. The van der Waals surface area contributed by atoms with E-state index in [9.17, 15) is 45.0 Å². The molecule has 1 amide bonds. The third-order valence-electron chi connectivity index (χ3n) is 4.59. The lowest BCUT2D eigenvalue weighted by Gasteiger charge is -2.26. The number of carbonyl (C=O) groups excluding carboxylic acids is 1. The van der Waals surface area contributed by atoms with Gasteiger partial charge in [-0.25, -0.2) is 0 Å². The zero-order valence-electron chi connectivity index (χ0n) is 15.1. The molecular formula is C17H17F8NO4. The Morgan fingerprint density at radius 3 is 2.30 bits per heavy atom. The summed E-state index contributed by atoms with van der Waals surface area (Å²) in [5, 5.41) is 11.9. The summed E-state index contributed by atoms with van der Waals surface area (Å²) in [4.78, 5) is 12.1.